The van der Waals surface area contributed by atoms with Crippen molar-refractivity contribution in [3.8, 4) is 0 Å². The lowest BCUT2D eigenvalue weighted by Crippen LogP contribution is -2.78. The summed E-state index contributed by atoms with van der Waals surface area (Å²) in [7, 11) is -3.39. The molecule has 0 unspecified atom stereocenters. The lowest BCUT2D eigenvalue weighted by Gasteiger charge is -2.16. The van der Waals surface area contributed by atoms with Crippen molar-refractivity contribution in [3.05, 3.63) is 0 Å². The Hall–Kier alpha value is 0.530. The maximum Gasteiger partial charge on any atom is 0.338 e. The lowest BCUT2D eigenvalue weighted by atomic mass is 10.1. The van der Waals surface area contributed by atoms with Gasteiger partial charge in [0.15, 0.2) is 5.54 Å². The number of alkyl halides is 2. The van der Waals surface area contributed by atoms with Crippen LogP contribution in [0.4, 0.5) is 0 Å². The monoisotopic (exact) mass is 342 g/mol. The molecule has 0 aliphatic rings. The summed E-state index contributed by atoms with van der Waals surface area (Å²) in [6.07, 6.45) is 0. The lowest BCUT2D eigenvalue weighted by molar-refractivity contribution is -0.494. The number of aliphatic hydroxyl groups is 3. The molecular weight excluding hydrogens is 320 g/mol. The van der Waals surface area contributed by atoms with Gasteiger partial charge < -0.3 is 25.9 Å². The molecule has 0 fully saturated rings. The summed E-state index contributed by atoms with van der Waals surface area (Å²) in [5.41, 5.74) is 2.42. The Bertz CT molecular complexity index is 238. The third-order valence-corrected chi connectivity index (χ3v) is 3.53. The first-order valence-corrected chi connectivity index (χ1v) is 8.16. The van der Waals surface area contributed by atoms with Crippen LogP contribution in [0.1, 0.15) is 0 Å². The molecule has 118 valence electrons. The molecule has 0 spiro atoms. The first-order chi connectivity index (χ1) is 8.80. The maximum atomic E-state index is 10.9. The third kappa shape index (κ3) is 13.3. The molecule has 0 rings (SSSR count). The molecule has 0 aliphatic heterocycles. The van der Waals surface area contributed by atoms with E-state index in [4.69, 9.17) is 43.4 Å². The molecule has 0 aromatic carbocycles. The molecule has 0 amide bonds. The van der Waals surface area contributed by atoms with Gasteiger partial charge in [0.25, 0.3) is 0 Å². The molecule has 0 saturated carbocycles. The van der Waals surface area contributed by atoms with Crippen LogP contribution in [0.3, 0.4) is 0 Å². The van der Waals surface area contributed by atoms with E-state index in [9.17, 15) is 4.57 Å². The van der Waals surface area contributed by atoms with Crippen molar-refractivity contribution < 1.29 is 30.5 Å². The molecule has 0 aromatic rings. The van der Waals surface area contributed by atoms with Gasteiger partial charge in [-0.25, -0.2) is 10.2 Å². The van der Waals surface area contributed by atoms with Crippen molar-refractivity contribution >= 4 is 30.9 Å². The van der Waals surface area contributed by atoms with Crippen LogP contribution in [-0.4, -0.2) is 70.4 Å². The molecule has 11 heteroatoms. The maximum absolute atomic E-state index is 10.9. The van der Waals surface area contributed by atoms with Gasteiger partial charge in [-0.05, 0) is 0 Å². The van der Waals surface area contributed by atoms with Gasteiger partial charge in [0.1, 0.15) is 19.8 Å². The van der Waals surface area contributed by atoms with Crippen LogP contribution in [0.5, 0.6) is 0 Å². The van der Waals surface area contributed by atoms with E-state index >= 15 is 0 Å². The Morgan fingerprint density at radius 3 is 1.47 bits per heavy atom. The zero-order chi connectivity index (χ0) is 15.4. The Balaban J connectivity index is 0. The Labute approximate surface area is 122 Å². The van der Waals surface area contributed by atoms with Crippen molar-refractivity contribution in [3.63, 3.8) is 0 Å². The molecule has 0 radical (unpaired) electrons. The zero-order valence-electron chi connectivity index (χ0n) is 10.6. The van der Waals surface area contributed by atoms with Crippen molar-refractivity contribution in [2.75, 3.05) is 44.7 Å². The average molecular weight is 343 g/mol. The molecule has 9 N–H and O–H groups in total. The van der Waals surface area contributed by atoms with Crippen LogP contribution < -0.4 is 15.9 Å². The van der Waals surface area contributed by atoms with Gasteiger partial charge >= 0.3 is 7.67 Å². The number of hydrogen-bond donors (Lipinski definition) is 7. The first-order valence-electron chi connectivity index (χ1n) is 5.43. The fourth-order valence-corrected chi connectivity index (χ4v) is 1.99. The van der Waals surface area contributed by atoms with Gasteiger partial charge in [0.2, 0.25) is 0 Å². The van der Waals surface area contributed by atoms with Crippen LogP contribution in [0.2, 0.25) is 0 Å². The van der Waals surface area contributed by atoms with Crippen LogP contribution in [0.25, 0.3) is 0 Å². The summed E-state index contributed by atoms with van der Waals surface area (Å²) in [6.45, 7) is -0.283. The van der Waals surface area contributed by atoms with Crippen molar-refractivity contribution in [2.24, 2.45) is 0 Å². The fraction of sp³-hybridized carbons (Fsp3) is 1.00. The topological polar surface area (TPSA) is 150 Å². The second-order valence-corrected chi connectivity index (χ2v) is 6.29. The summed E-state index contributed by atoms with van der Waals surface area (Å²) < 4.78 is 10.9. The second kappa shape index (κ2) is 12.3. The van der Waals surface area contributed by atoms with Crippen LogP contribution in [0.15, 0.2) is 0 Å². The summed E-state index contributed by atoms with van der Waals surface area (Å²) in [4.78, 5) is 8.99. The SMILES string of the molecule is O=P(O)(NCCCl)NCCCl.[NH3+]C(CO)(CO)CO. The second-order valence-electron chi connectivity index (χ2n) is 3.74. The van der Waals surface area contributed by atoms with E-state index in [-0.39, 0.29) is 19.8 Å². The quantitative estimate of drug-likeness (QED) is 0.184. The van der Waals surface area contributed by atoms with E-state index in [1.807, 2.05) is 0 Å². The summed E-state index contributed by atoms with van der Waals surface area (Å²) in [6, 6.07) is 0. The van der Waals surface area contributed by atoms with Gasteiger partial charge in [-0.3, -0.25) is 4.57 Å². The minimum Gasteiger partial charge on any atom is -0.390 e. The van der Waals surface area contributed by atoms with E-state index in [1.165, 1.54) is 0 Å². The molecule has 8 nitrogen and oxygen atoms in total. The molecule has 0 heterocycles. The molecule has 19 heavy (non-hydrogen) atoms. The van der Waals surface area contributed by atoms with E-state index in [0.29, 0.717) is 24.8 Å². The Kier molecular flexibility index (Phi) is 14.1. The smallest absolute Gasteiger partial charge is 0.338 e. The predicted molar refractivity (Wildman–Crippen MR) is 74.1 cm³/mol. The number of quaternary nitrogens is 1. The van der Waals surface area contributed by atoms with Gasteiger partial charge in [-0.15, -0.1) is 23.2 Å². The summed E-state index contributed by atoms with van der Waals surface area (Å²) in [5.74, 6) is 0.597. The normalized spacial score (nSPS) is 11.9. The number of rotatable bonds is 9. The van der Waals surface area contributed by atoms with Crippen molar-refractivity contribution in [2.45, 2.75) is 5.54 Å². The zero-order valence-corrected chi connectivity index (χ0v) is 13.0. The van der Waals surface area contributed by atoms with E-state index in [1.54, 1.807) is 0 Å². The standard InChI is InChI=1S/C4H11Cl2N2O2P.C4H11NO3/c5-1-3-7-11(9,10)8-4-2-6;5-4(1-6,2-7)3-8/h1-4H2,(H3,7,8,9,10);6-8H,1-3,5H2/p+1. The molecule has 0 saturated heterocycles. The van der Waals surface area contributed by atoms with Crippen LogP contribution >= 0.6 is 30.9 Å². The number of nitrogens with one attached hydrogen (secondary N) is 2. The highest BCUT2D eigenvalue weighted by Gasteiger charge is 2.25. The van der Waals surface area contributed by atoms with Crippen LogP contribution in [-0.2, 0) is 4.57 Å². The minimum absolute atomic E-state index is 0.292. The first kappa shape index (κ1) is 21.8. The third-order valence-electron chi connectivity index (χ3n) is 1.85. The van der Waals surface area contributed by atoms with Crippen LogP contribution in [0, 0.1) is 0 Å². The number of hydrogen-bond acceptors (Lipinski definition) is 4. The molecule has 0 aliphatic carbocycles. The van der Waals surface area contributed by atoms with Gasteiger partial charge in [0.05, 0.1) is 0 Å². The highest BCUT2D eigenvalue weighted by Crippen LogP contribution is 2.28. The Morgan fingerprint density at radius 2 is 1.32 bits per heavy atom. The van der Waals surface area contributed by atoms with Gasteiger partial charge in [0, 0.05) is 24.8 Å². The summed E-state index contributed by atoms with van der Waals surface area (Å²) in [5, 5.41) is 29.9. The van der Waals surface area contributed by atoms with E-state index < -0.39 is 13.2 Å². The van der Waals surface area contributed by atoms with E-state index in [0.717, 1.165) is 0 Å². The molecule has 0 atom stereocenters. The number of halogens is 2. The van der Waals surface area contributed by atoms with E-state index in [2.05, 4.69) is 15.9 Å². The average Bonchev–Trinajstić information content (AvgIpc) is 2.43. The summed E-state index contributed by atoms with van der Waals surface area (Å²) >= 11 is 10.6. The highest BCUT2D eigenvalue weighted by atomic mass is 35.5. The highest BCUT2D eigenvalue weighted by molar-refractivity contribution is 7.53. The fourth-order valence-electron chi connectivity index (χ4n) is 0.594. The largest absolute Gasteiger partial charge is 0.390 e. The molecular formula is C8H23Cl2N3O5P+. The molecule has 0 aromatic heterocycles. The van der Waals surface area contributed by atoms with Gasteiger partial charge in [-0.2, -0.15) is 0 Å². The van der Waals surface area contributed by atoms with Gasteiger partial charge in [-0.1, -0.05) is 0 Å². The minimum atomic E-state index is -3.39. The number of aliphatic hydroxyl groups excluding tert-OH is 3. The molecule has 0 bridgehead atoms. The van der Waals surface area contributed by atoms with Crippen molar-refractivity contribution in [1.29, 1.82) is 0 Å². The van der Waals surface area contributed by atoms with Crippen molar-refractivity contribution in [1.82, 2.24) is 10.2 Å². The predicted octanol–water partition coefficient (Wildman–Crippen LogP) is -2.31. The Morgan fingerprint density at radius 1 is 1.00 bits per heavy atom.